The summed E-state index contributed by atoms with van der Waals surface area (Å²) in [5.41, 5.74) is 1.62. The Morgan fingerprint density at radius 1 is 1.19 bits per heavy atom. The number of aliphatic hydroxyl groups excluding tert-OH is 1. The molecule has 3 rings (SSSR count). The molecule has 4 nitrogen and oxygen atoms in total. The number of hydrogen-bond acceptors (Lipinski definition) is 4. The average molecular weight is 442 g/mol. The Bertz CT molecular complexity index is 683. The summed E-state index contributed by atoms with van der Waals surface area (Å²) in [6.45, 7) is 11.5. The highest BCUT2D eigenvalue weighted by atomic mass is 16.3. The summed E-state index contributed by atoms with van der Waals surface area (Å²) in [6, 6.07) is 10.6. The number of nitrogens with one attached hydrogen (secondary N) is 1. The highest BCUT2D eigenvalue weighted by molar-refractivity contribution is 5.84. The van der Waals surface area contributed by atoms with Crippen molar-refractivity contribution in [3.05, 3.63) is 35.9 Å². The Morgan fingerprint density at radius 2 is 1.94 bits per heavy atom. The molecule has 1 heterocycles. The first-order valence-corrected chi connectivity index (χ1v) is 13.2. The number of rotatable bonds is 14. The van der Waals surface area contributed by atoms with Crippen LogP contribution in [-0.4, -0.2) is 48.1 Å². The summed E-state index contributed by atoms with van der Waals surface area (Å²) in [7, 11) is 0. The molecule has 3 atom stereocenters. The van der Waals surface area contributed by atoms with Gasteiger partial charge in [-0.2, -0.15) is 0 Å². The first kappa shape index (κ1) is 25.2. The predicted octanol–water partition coefficient (Wildman–Crippen LogP) is 5.65. The third-order valence-corrected chi connectivity index (χ3v) is 7.95. The van der Waals surface area contributed by atoms with E-state index < -0.39 is 0 Å². The van der Waals surface area contributed by atoms with Crippen molar-refractivity contribution >= 4 is 5.84 Å². The molecule has 0 radical (unpaired) electrons. The van der Waals surface area contributed by atoms with E-state index in [0.717, 1.165) is 45.6 Å². The van der Waals surface area contributed by atoms with Crippen LogP contribution in [0.1, 0.15) is 84.1 Å². The fraction of sp³-hybridized carbons (Fsp3) is 0.750. The molecule has 0 spiro atoms. The minimum atomic E-state index is -0.261. The molecule has 1 fully saturated rings. The van der Waals surface area contributed by atoms with Gasteiger partial charge in [0.15, 0.2) is 0 Å². The van der Waals surface area contributed by atoms with Crippen molar-refractivity contribution in [2.24, 2.45) is 22.2 Å². The van der Waals surface area contributed by atoms with Crippen molar-refractivity contribution in [2.45, 2.75) is 91.2 Å². The van der Waals surface area contributed by atoms with Gasteiger partial charge < -0.3 is 15.3 Å². The molecule has 1 aromatic carbocycles. The first-order valence-electron chi connectivity index (χ1n) is 13.2. The molecule has 32 heavy (non-hydrogen) atoms. The van der Waals surface area contributed by atoms with Gasteiger partial charge in [-0.25, -0.2) is 0 Å². The lowest BCUT2D eigenvalue weighted by Gasteiger charge is -2.40. The number of amidine groups is 1. The molecular formula is C28H47N3O. The van der Waals surface area contributed by atoms with E-state index in [-0.39, 0.29) is 6.10 Å². The molecule has 2 aliphatic rings. The van der Waals surface area contributed by atoms with Gasteiger partial charge in [0.05, 0.1) is 12.6 Å². The van der Waals surface area contributed by atoms with E-state index >= 15 is 0 Å². The van der Waals surface area contributed by atoms with Gasteiger partial charge in [0, 0.05) is 32.6 Å². The van der Waals surface area contributed by atoms with Gasteiger partial charge in [-0.05, 0) is 42.1 Å². The number of hydrogen-bond donors (Lipinski definition) is 2. The van der Waals surface area contributed by atoms with E-state index in [1.807, 2.05) is 0 Å². The summed E-state index contributed by atoms with van der Waals surface area (Å²) >= 11 is 0. The average Bonchev–Trinajstić information content (AvgIpc) is 3.43. The number of aliphatic hydroxyl groups is 1. The Labute approximate surface area is 196 Å². The van der Waals surface area contributed by atoms with Crippen molar-refractivity contribution in [2.75, 3.05) is 26.2 Å². The van der Waals surface area contributed by atoms with E-state index in [0.29, 0.717) is 17.3 Å². The zero-order valence-electron chi connectivity index (χ0n) is 20.9. The van der Waals surface area contributed by atoms with Gasteiger partial charge in [-0.1, -0.05) is 83.2 Å². The predicted molar refractivity (Wildman–Crippen MR) is 136 cm³/mol. The molecule has 1 aromatic rings. The summed E-state index contributed by atoms with van der Waals surface area (Å²) in [4.78, 5) is 7.15. The van der Waals surface area contributed by atoms with Gasteiger partial charge in [0.2, 0.25) is 0 Å². The van der Waals surface area contributed by atoms with E-state index in [1.54, 1.807) is 0 Å². The van der Waals surface area contributed by atoms with Crippen LogP contribution in [0.15, 0.2) is 35.3 Å². The highest BCUT2D eigenvalue weighted by Gasteiger charge is 2.41. The van der Waals surface area contributed by atoms with Gasteiger partial charge in [0.25, 0.3) is 0 Å². The zero-order valence-corrected chi connectivity index (χ0v) is 20.9. The second kappa shape index (κ2) is 12.7. The van der Waals surface area contributed by atoms with Crippen LogP contribution in [-0.2, 0) is 6.54 Å². The first-order chi connectivity index (χ1) is 15.5. The van der Waals surface area contributed by atoms with Crippen molar-refractivity contribution < 1.29 is 5.11 Å². The van der Waals surface area contributed by atoms with Crippen LogP contribution in [0, 0.1) is 17.3 Å². The molecule has 1 aliphatic carbocycles. The van der Waals surface area contributed by atoms with Crippen LogP contribution >= 0.6 is 0 Å². The van der Waals surface area contributed by atoms with Crippen molar-refractivity contribution in [1.82, 2.24) is 10.2 Å². The van der Waals surface area contributed by atoms with Crippen molar-refractivity contribution in [1.29, 1.82) is 0 Å². The molecule has 1 saturated carbocycles. The lowest BCUT2D eigenvalue weighted by Crippen LogP contribution is -2.44. The van der Waals surface area contributed by atoms with E-state index in [2.05, 4.69) is 61.3 Å². The van der Waals surface area contributed by atoms with Crippen LogP contribution in [0.5, 0.6) is 0 Å². The summed E-state index contributed by atoms with van der Waals surface area (Å²) in [5, 5.41) is 15.0. The highest BCUT2D eigenvalue weighted by Crippen LogP contribution is 2.48. The standard InChI is InChI=1S/C28H47N3O/c1-4-5-11-23(2)20-25(28(3)15-9-10-16-28)26(32)22-31-19-18-30-27(31)14-17-29-21-24-12-7-6-8-13-24/h6-8,12-13,23,25-26,29,32H,4-5,9-11,14-22H2,1-3H3. The lowest BCUT2D eigenvalue weighted by molar-refractivity contribution is 0.00220. The quantitative estimate of drug-likeness (QED) is 0.367. The van der Waals surface area contributed by atoms with E-state index in [9.17, 15) is 5.11 Å². The molecule has 0 bridgehead atoms. The SMILES string of the molecule is CCCCC(C)CC(C(O)CN1CCN=C1CCNCc1ccccc1)C1(C)CCCC1. The van der Waals surface area contributed by atoms with Gasteiger partial charge in [-0.3, -0.25) is 4.99 Å². The molecule has 2 N–H and O–H groups in total. The topological polar surface area (TPSA) is 47.9 Å². The summed E-state index contributed by atoms with van der Waals surface area (Å²) < 4.78 is 0. The van der Waals surface area contributed by atoms with E-state index in [1.165, 1.54) is 56.3 Å². The summed E-state index contributed by atoms with van der Waals surface area (Å²) in [5.74, 6) is 2.27. The molecular weight excluding hydrogens is 394 g/mol. The monoisotopic (exact) mass is 441 g/mol. The van der Waals surface area contributed by atoms with Crippen LogP contribution in [0.2, 0.25) is 0 Å². The van der Waals surface area contributed by atoms with Crippen molar-refractivity contribution in [3.8, 4) is 0 Å². The summed E-state index contributed by atoms with van der Waals surface area (Å²) in [6.07, 6.45) is 10.9. The largest absolute Gasteiger partial charge is 0.391 e. The number of nitrogens with zero attached hydrogens (tertiary/aromatic N) is 2. The molecule has 0 saturated heterocycles. The van der Waals surface area contributed by atoms with Gasteiger partial charge in [-0.15, -0.1) is 0 Å². The normalized spacial score (nSPS) is 20.9. The number of unbranched alkanes of at least 4 members (excludes halogenated alkanes) is 1. The lowest BCUT2D eigenvalue weighted by atomic mass is 9.68. The third-order valence-electron chi connectivity index (χ3n) is 7.95. The molecule has 3 unspecified atom stereocenters. The third kappa shape index (κ3) is 7.31. The van der Waals surface area contributed by atoms with Crippen molar-refractivity contribution in [3.63, 3.8) is 0 Å². The minimum absolute atomic E-state index is 0.261. The maximum Gasteiger partial charge on any atom is 0.100 e. The second-order valence-electron chi connectivity index (χ2n) is 10.7. The van der Waals surface area contributed by atoms with Crippen LogP contribution in [0.3, 0.4) is 0 Å². The maximum absolute atomic E-state index is 11.5. The van der Waals surface area contributed by atoms with Gasteiger partial charge in [0.1, 0.15) is 5.84 Å². The Kier molecular flexibility index (Phi) is 10.1. The molecule has 0 amide bonds. The van der Waals surface area contributed by atoms with E-state index in [4.69, 9.17) is 4.99 Å². The van der Waals surface area contributed by atoms with Crippen LogP contribution in [0.25, 0.3) is 0 Å². The number of aliphatic imine (C=N–C) groups is 1. The Morgan fingerprint density at radius 3 is 2.66 bits per heavy atom. The molecule has 0 aromatic heterocycles. The van der Waals surface area contributed by atoms with Crippen LogP contribution in [0.4, 0.5) is 0 Å². The smallest absolute Gasteiger partial charge is 0.100 e. The zero-order chi connectivity index (χ0) is 22.8. The van der Waals surface area contributed by atoms with Gasteiger partial charge >= 0.3 is 0 Å². The Balaban J connectivity index is 1.52. The minimum Gasteiger partial charge on any atom is -0.391 e. The second-order valence-corrected chi connectivity index (χ2v) is 10.7. The fourth-order valence-electron chi connectivity index (χ4n) is 5.91. The van der Waals surface area contributed by atoms with Crippen LogP contribution < -0.4 is 5.32 Å². The molecule has 1 aliphatic heterocycles. The molecule has 180 valence electrons. The molecule has 4 heteroatoms. The fourth-order valence-corrected chi connectivity index (χ4v) is 5.91. The number of β-amino-alcohol motifs (C(OH)–C–C–N with tert-alkyl or cyclic N) is 1. The number of benzene rings is 1. The Hall–Kier alpha value is -1.39. The maximum atomic E-state index is 11.5.